The summed E-state index contributed by atoms with van der Waals surface area (Å²) in [6.07, 6.45) is 0. The maximum absolute atomic E-state index is 13.3. The number of aryl methyl sites for hydroxylation is 1. The molecular formula is C27H41N3O5S. The van der Waals surface area contributed by atoms with Gasteiger partial charge in [-0.1, -0.05) is 38.1 Å². The van der Waals surface area contributed by atoms with Crippen LogP contribution in [0.4, 0.5) is 0 Å². The molecule has 1 heterocycles. The van der Waals surface area contributed by atoms with Gasteiger partial charge in [-0.15, -0.1) is 0 Å². The molecule has 0 amide bonds. The first-order valence-corrected chi connectivity index (χ1v) is 14.0. The third-order valence-corrected chi connectivity index (χ3v) is 8.31. The van der Waals surface area contributed by atoms with E-state index in [-0.39, 0.29) is 10.9 Å². The summed E-state index contributed by atoms with van der Waals surface area (Å²) in [7, 11) is -0.584. The Bertz CT molecular complexity index is 1070. The molecule has 8 nitrogen and oxygen atoms in total. The monoisotopic (exact) mass is 519 g/mol. The van der Waals surface area contributed by atoms with Crippen molar-refractivity contribution in [3.63, 3.8) is 0 Å². The summed E-state index contributed by atoms with van der Waals surface area (Å²) in [4.78, 5) is 2.53. The third-order valence-electron chi connectivity index (χ3n) is 6.42. The average molecular weight is 520 g/mol. The van der Waals surface area contributed by atoms with Crippen LogP contribution in [-0.4, -0.2) is 83.8 Å². The maximum Gasteiger partial charge on any atom is 0.243 e. The lowest BCUT2D eigenvalue weighted by molar-refractivity contribution is 0.0721. The van der Waals surface area contributed by atoms with Gasteiger partial charge in [0.15, 0.2) is 11.5 Å². The number of methoxy groups -OCH3 is 2. The van der Waals surface area contributed by atoms with Crippen molar-refractivity contribution in [2.24, 2.45) is 5.92 Å². The summed E-state index contributed by atoms with van der Waals surface area (Å²) in [6.45, 7) is 11.5. The van der Waals surface area contributed by atoms with Gasteiger partial charge in [-0.25, -0.2) is 8.42 Å². The zero-order valence-corrected chi connectivity index (χ0v) is 23.0. The molecule has 0 aliphatic carbocycles. The molecule has 1 atom stereocenters. The van der Waals surface area contributed by atoms with Crippen LogP contribution in [0.2, 0.25) is 0 Å². The lowest BCUT2D eigenvalue weighted by Gasteiger charge is -2.36. The summed E-state index contributed by atoms with van der Waals surface area (Å²) in [5.74, 6) is 1.39. The SMILES string of the molecule is COc1ccc(S(=O)(=O)N2CCN(CC(COCC(C)C)NCc3ccccc3C)CC2)cc1OC. The Morgan fingerprint density at radius 2 is 1.64 bits per heavy atom. The van der Waals surface area contributed by atoms with Crippen LogP contribution in [0.15, 0.2) is 47.4 Å². The van der Waals surface area contributed by atoms with Crippen LogP contribution in [-0.2, 0) is 21.3 Å². The quantitative estimate of drug-likeness (QED) is 0.436. The van der Waals surface area contributed by atoms with E-state index in [1.54, 1.807) is 16.4 Å². The van der Waals surface area contributed by atoms with Crippen LogP contribution < -0.4 is 14.8 Å². The molecule has 200 valence electrons. The van der Waals surface area contributed by atoms with E-state index in [0.29, 0.717) is 50.2 Å². The zero-order valence-electron chi connectivity index (χ0n) is 22.2. The first-order chi connectivity index (χ1) is 17.2. The van der Waals surface area contributed by atoms with E-state index in [1.807, 2.05) is 0 Å². The van der Waals surface area contributed by atoms with Crippen LogP contribution in [0, 0.1) is 12.8 Å². The fourth-order valence-electron chi connectivity index (χ4n) is 4.28. The molecule has 1 saturated heterocycles. The lowest BCUT2D eigenvalue weighted by Crippen LogP contribution is -2.52. The van der Waals surface area contributed by atoms with E-state index in [0.717, 1.165) is 19.7 Å². The smallest absolute Gasteiger partial charge is 0.243 e. The van der Waals surface area contributed by atoms with Gasteiger partial charge in [0.2, 0.25) is 10.0 Å². The molecule has 36 heavy (non-hydrogen) atoms. The minimum absolute atomic E-state index is 0.150. The number of rotatable bonds is 13. The second kappa shape index (κ2) is 13.4. The summed E-state index contributed by atoms with van der Waals surface area (Å²) in [6, 6.07) is 13.3. The number of benzene rings is 2. The van der Waals surface area contributed by atoms with Gasteiger partial charge in [-0.2, -0.15) is 4.31 Å². The van der Waals surface area contributed by atoms with Crippen LogP contribution in [0.5, 0.6) is 11.5 Å². The molecule has 0 aromatic heterocycles. The van der Waals surface area contributed by atoms with Crippen molar-refractivity contribution in [1.82, 2.24) is 14.5 Å². The molecule has 3 rings (SSSR count). The Morgan fingerprint density at radius 3 is 2.28 bits per heavy atom. The highest BCUT2D eigenvalue weighted by Crippen LogP contribution is 2.30. The number of sulfonamides is 1. The number of nitrogens with zero attached hydrogens (tertiary/aromatic N) is 2. The Hall–Kier alpha value is -2.17. The van der Waals surface area contributed by atoms with Crippen LogP contribution >= 0.6 is 0 Å². The van der Waals surface area contributed by atoms with Crippen LogP contribution in [0.3, 0.4) is 0 Å². The highest BCUT2D eigenvalue weighted by molar-refractivity contribution is 7.89. The number of nitrogens with one attached hydrogen (secondary N) is 1. The average Bonchev–Trinajstić information content (AvgIpc) is 2.87. The van der Waals surface area contributed by atoms with Crippen molar-refractivity contribution in [3.05, 3.63) is 53.6 Å². The van der Waals surface area contributed by atoms with Gasteiger partial charge >= 0.3 is 0 Å². The fraction of sp³-hybridized carbons (Fsp3) is 0.556. The summed E-state index contributed by atoms with van der Waals surface area (Å²) in [5, 5.41) is 3.66. The first-order valence-electron chi connectivity index (χ1n) is 12.5. The zero-order chi connectivity index (χ0) is 26.1. The highest BCUT2D eigenvalue weighted by Gasteiger charge is 2.30. The lowest BCUT2D eigenvalue weighted by atomic mass is 10.1. The maximum atomic E-state index is 13.3. The largest absolute Gasteiger partial charge is 0.493 e. The van der Waals surface area contributed by atoms with Gasteiger partial charge in [0, 0.05) is 58.0 Å². The second-order valence-corrected chi connectivity index (χ2v) is 11.6. The number of hydrogen-bond donors (Lipinski definition) is 1. The topological polar surface area (TPSA) is 80.3 Å². The van der Waals surface area contributed by atoms with Gasteiger partial charge in [-0.05, 0) is 36.1 Å². The molecular weight excluding hydrogens is 478 g/mol. The molecule has 1 fully saturated rings. The van der Waals surface area contributed by atoms with E-state index in [2.05, 4.69) is 55.3 Å². The molecule has 2 aromatic carbocycles. The molecule has 1 aliphatic rings. The third kappa shape index (κ3) is 7.66. The Labute approximate surface area is 216 Å². The van der Waals surface area contributed by atoms with Crippen molar-refractivity contribution in [1.29, 1.82) is 0 Å². The Morgan fingerprint density at radius 1 is 0.944 bits per heavy atom. The second-order valence-electron chi connectivity index (χ2n) is 9.66. The highest BCUT2D eigenvalue weighted by atomic mass is 32.2. The predicted molar refractivity (Wildman–Crippen MR) is 142 cm³/mol. The normalized spacial score (nSPS) is 16.3. The van der Waals surface area contributed by atoms with Gasteiger partial charge in [0.1, 0.15) is 0 Å². The van der Waals surface area contributed by atoms with E-state index in [1.165, 1.54) is 31.4 Å². The molecule has 0 radical (unpaired) electrons. The van der Waals surface area contributed by atoms with Crippen molar-refractivity contribution < 1.29 is 22.6 Å². The standard InChI is InChI=1S/C27H41N3O5S/c1-21(2)19-35-20-24(28-17-23-9-7-6-8-22(23)3)18-29-12-14-30(15-13-29)36(31,32)25-10-11-26(33-4)27(16-25)34-5/h6-11,16,21,24,28H,12-15,17-20H2,1-5H3. The van der Waals surface area contributed by atoms with Crippen molar-refractivity contribution in [3.8, 4) is 11.5 Å². The van der Waals surface area contributed by atoms with Gasteiger partial charge in [0.05, 0.1) is 25.7 Å². The fourth-order valence-corrected chi connectivity index (χ4v) is 5.71. The van der Waals surface area contributed by atoms with E-state index >= 15 is 0 Å². The predicted octanol–water partition coefficient (Wildman–Crippen LogP) is 3.15. The summed E-state index contributed by atoms with van der Waals surface area (Å²) in [5.41, 5.74) is 2.54. The van der Waals surface area contributed by atoms with Gasteiger partial charge in [0.25, 0.3) is 0 Å². The van der Waals surface area contributed by atoms with Gasteiger partial charge < -0.3 is 19.5 Å². The van der Waals surface area contributed by atoms with Crippen LogP contribution in [0.25, 0.3) is 0 Å². The molecule has 1 aliphatic heterocycles. The molecule has 0 bridgehead atoms. The minimum Gasteiger partial charge on any atom is -0.493 e. The Kier molecular flexibility index (Phi) is 10.6. The number of piperazine rings is 1. The van der Waals surface area contributed by atoms with E-state index in [4.69, 9.17) is 14.2 Å². The van der Waals surface area contributed by atoms with Crippen molar-refractivity contribution in [2.45, 2.75) is 38.3 Å². The molecule has 9 heteroatoms. The number of hydrogen-bond acceptors (Lipinski definition) is 7. The molecule has 1 N–H and O–H groups in total. The summed E-state index contributed by atoms with van der Waals surface area (Å²) < 4.78 is 44.6. The first kappa shape index (κ1) is 28.4. The number of ether oxygens (including phenoxy) is 3. The van der Waals surface area contributed by atoms with E-state index < -0.39 is 10.0 Å². The van der Waals surface area contributed by atoms with Crippen molar-refractivity contribution >= 4 is 10.0 Å². The van der Waals surface area contributed by atoms with Gasteiger partial charge in [-0.3, -0.25) is 4.90 Å². The summed E-state index contributed by atoms with van der Waals surface area (Å²) >= 11 is 0. The molecule has 1 unspecified atom stereocenters. The minimum atomic E-state index is -3.62. The molecule has 0 spiro atoms. The molecule has 2 aromatic rings. The Balaban J connectivity index is 1.60. The van der Waals surface area contributed by atoms with Crippen LogP contribution in [0.1, 0.15) is 25.0 Å². The van der Waals surface area contributed by atoms with Crippen molar-refractivity contribution in [2.75, 3.05) is 60.2 Å². The van der Waals surface area contributed by atoms with E-state index in [9.17, 15) is 8.42 Å². The molecule has 0 saturated carbocycles.